The molecule has 1 aromatic rings. The van der Waals surface area contributed by atoms with Crippen LogP contribution in [0.5, 0.6) is 0 Å². The van der Waals surface area contributed by atoms with Gasteiger partial charge >= 0.3 is 0 Å². The standard InChI is InChI=1S/C11H14IN3/c1-7-4-13-6-10-3-8-2-9(12)5-14-11(8)15(7)10/h2,5,7,10,13H,3-4,6H2,1H3/t7-,10-/m1/s1. The van der Waals surface area contributed by atoms with Gasteiger partial charge in [0.05, 0.1) is 0 Å². The fourth-order valence-electron chi connectivity index (χ4n) is 2.68. The van der Waals surface area contributed by atoms with Crippen molar-refractivity contribution in [3.8, 4) is 0 Å². The SMILES string of the molecule is C[C@@H]1CNC[C@H]2Cc3cc(I)cnc3N21. The van der Waals surface area contributed by atoms with Crippen LogP contribution in [0.15, 0.2) is 12.3 Å². The normalized spacial score (nSPS) is 28.8. The lowest BCUT2D eigenvalue weighted by Gasteiger charge is -2.37. The largest absolute Gasteiger partial charge is 0.348 e. The van der Waals surface area contributed by atoms with Gasteiger partial charge < -0.3 is 10.2 Å². The average molecular weight is 315 g/mol. The Morgan fingerprint density at radius 1 is 1.53 bits per heavy atom. The van der Waals surface area contributed by atoms with Crippen molar-refractivity contribution in [1.29, 1.82) is 0 Å². The lowest BCUT2D eigenvalue weighted by molar-refractivity contribution is 0.428. The summed E-state index contributed by atoms with van der Waals surface area (Å²) in [6.07, 6.45) is 3.12. The minimum absolute atomic E-state index is 0.567. The van der Waals surface area contributed by atoms with Crippen LogP contribution in [0.3, 0.4) is 0 Å². The number of piperazine rings is 1. The lowest BCUT2D eigenvalue weighted by Crippen LogP contribution is -2.55. The lowest BCUT2D eigenvalue weighted by atomic mass is 10.1. The number of aromatic nitrogens is 1. The van der Waals surface area contributed by atoms with Crippen LogP contribution in [0.1, 0.15) is 12.5 Å². The smallest absolute Gasteiger partial charge is 0.132 e. The molecule has 2 aliphatic rings. The van der Waals surface area contributed by atoms with E-state index in [0.717, 1.165) is 19.5 Å². The van der Waals surface area contributed by atoms with Crippen molar-refractivity contribution in [2.45, 2.75) is 25.4 Å². The number of fused-ring (bicyclic) bond motifs is 3. The molecule has 3 rings (SSSR count). The second-order valence-electron chi connectivity index (χ2n) is 4.41. The zero-order valence-electron chi connectivity index (χ0n) is 8.70. The summed E-state index contributed by atoms with van der Waals surface area (Å²) in [5, 5.41) is 3.48. The second kappa shape index (κ2) is 3.59. The van der Waals surface area contributed by atoms with Crippen LogP contribution < -0.4 is 10.2 Å². The van der Waals surface area contributed by atoms with E-state index in [9.17, 15) is 0 Å². The molecule has 1 N–H and O–H groups in total. The molecule has 0 radical (unpaired) electrons. The highest BCUT2D eigenvalue weighted by Crippen LogP contribution is 2.33. The molecule has 0 aliphatic carbocycles. The molecule has 0 bridgehead atoms. The van der Waals surface area contributed by atoms with Gasteiger partial charge in [-0.2, -0.15) is 0 Å². The molecule has 1 saturated heterocycles. The van der Waals surface area contributed by atoms with Crippen molar-refractivity contribution in [1.82, 2.24) is 10.3 Å². The zero-order chi connectivity index (χ0) is 10.4. The Morgan fingerprint density at radius 2 is 2.40 bits per heavy atom. The summed E-state index contributed by atoms with van der Waals surface area (Å²) in [4.78, 5) is 7.07. The predicted octanol–water partition coefficient (Wildman–Crippen LogP) is 1.41. The van der Waals surface area contributed by atoms with Crippen LogP contribution >= 0.6 is 22.6 Å². The molecule has 1 aromatic heterocycles. The first-order valence-electron chi connectivity index (χ1n) is 5.39. The first-order chi connectivity index (χ1) is 7.25. The molecule has 0 saturated carbocycles. The molecule has 1 fully saturated rings. The van der Waals surface area contributed by atoms with E-state index in [0.29, 0.717) is 12.1 Å². The number of hydrogen-bond donors (Lipinski definition) is 1. The molecule has 15 heavy (non-hydrogen) atoms. The second-order valence-corrected chi connectivity index (χ2v) is 5.65. The van der Waals surface area contributed by atoms with Crippen molar-refractivity contribution < 1.29 is 0 Å². The van der Waals surface area contributed by atoms with Gasteiger partial charge in [-0.3, -0.25) is 0 Å². The van der Waals surface area contributed by atoms with Gasteiger partial charge in [-0.15, -0.1) is 0 Å². The van der Waals surface area contributed by atoms with Gasteiger partial charge in [-0.05, 0) is 47.6 Å². The molecular formula is C11H14IN3. The highest BCUT2D eigenvalue weighted by molar-refractivity contribution is 14.1. The van der Waals surface area contributed by atoms with Crippen LogP contribution in [-0.2, 0) is 6.42 Å². The summed E-state index contributed by atoms with van der Waals surface area (Å²) >= 11 is 2.34. The third-order valence-corrected chi connectivity index (χ3v) is 3.89. The van der Waals surface area contributed by atoms with Crippen LogP contribution in [0, 0.1) is 3.57 Å². The predicted molar refractivity (Wildman–Crippen MR) is 69.3 cm³/mol. The quantitative estimate of drug-likeness (QED) is 0.734. The molecule has 2 aliphatic heterocycles. The van der Waals surface area contributed by atoms with E-state index < -0.39 is 0 Å². The molecule has 4 heteroatoms. The maximum Gasteiger partial charge on any atom is 0.132 e. The molecule has 2 atom stereocenters. The van der Waals surface area contributed by atoms with E-state index in [4.69, 9.17) is 0 Å². The molecule has 3 heterocycles. The molecule has 0 unspecified atom stereocenters. The van der Waals surface area contributed by atoms with Crippen molar-refractivity contribution in [3.05, 3.63) is 21.4 Å². The van der Waals surface area contributed by atoms with Gasteiger partial charge in [-0.1, -0.05) is 0 Å². The first-order valence-corrected chi connectivity index (χ1v) is 6.47. The Hall–Kier alpha value is -0.360. The molecule has 80 valence electrons. The van der Waals surface area contributed by atoms with E-state index in [-0.39, 0.29) is 0 Å². The third-order valence-electron chi connectivity index (χ3n) is 3.30. The van der Waals surface area contributed by atoms with E-state index in [1.165, 1.54) is 15.0 Å². The fourth-order valence-corrected chi connectivity index (χ4v) is 3.19. The first kappa shape index (κ1) is 9.84. The van der Waals surface area contributed by atoms with E-state index in [1.54, 1.807) is 0 Å². The van der Waals surface area contributed by atoms with Crippen LogP contribution in [-0.4, -0.2) is 30.2 Å². The van der Waals surface area contributed by atoms with Crippen LogP contribution in [0.2, 0.25) is 0 Å². The average Bonchev–Trinajstić information content (AvgIpc) is 2.56. The van der Waals surface area contributed by atoms with Gasteiger partial charge in [0.1, 0.15) is 5.82 Å². The highest BCUT2D eigenvalue weighted by Gasteiger charge is 2.35. The van der Waals surface area contributed by atoms with E-state index >= 15 is 0 Å². The summed E-state index contributed by atoms with van der Waals surface area (Å²) in [5.74, 6) is 1.22. The Labute approximate surface area is 103 Å². The van der Waals surface area contributed by atoms with Crippen LogP contribution in [0.4, 0.5) is 5.82 Å². The van der Waals surface area contributed by atoms with Gasteiger partial charge in [0.15, 0.2) is 0 Å². The van der Waals surface area contributed by atoms with E-state index in [1.807, 2.05) is 6.20 Å². The van der Waals surface area contributed by atoms with Crippen molar-refractivity contribution in [2.75, 3.05) is 18.0 Å². The van der Waals surface area contributed by atoms with E-state index in [2.05, 4.69) is 50.8 Å². The number of rotatable bonds is 0. The number of anilines is 1. The van der Waals surface area contributed by atoms with Crippen LogP contribution in [0.25, 0.3) is 0 Å². The Bertz CT molecular complexity index is 393. The fraction of sp³-hybridized carbons (Fsp3) is 0.545. The molecular weight excluding hydrogens is 301 g/mol. The topological polar surface area (TPSA) is 28.2 Å². The summed E-state index contributed by atoms with van der Waals surface area (Å²) in [5.41, 5.74) is 1.42. The zero-order valence-corrected chi connectivity index (χ0v) is 10.9. The highest BCUT2D eigenvalue weighted by atomic mass is 127. The maximum atomic E-state index is 4.58. The minimum atomic E-state index is 0.567. The van der Waals surface area contributed by atoms with Gasteiger partial charge in [0.2, 0.25) is 0 Å². The summed E-state index contributed by atoms with van der Waals surface area (Å²) in [6, 6.07) is 3.46. The molecule has 0 spiro atoms. The monoisotopic (exact) mass is 315 g/mol. The number of nitrogens with one attached hydrogen (secondary N) is 1. The van der Waals surface area contributed by atoms with Gasteiger partial charge in [0, 0.05) is 34.9 Å². The summed E-state index contributed by atoms with van der Waals surface area (Å²) in [7, 11) is 0. The van der Waals surface area contributed by atoms with Crippen molar-refractivity contribution in [3.63, 3.8) is 0 Å². The Morgan fingerprint density at radius 3 is 3.27 bits per heavy atom. The third kappa shape index (κ3) is 1.54. The molecule has 3 nitrogen and oxygen atoms in total. The maximum absolute atomic E-state index is 4.58. The Balaban J connectivity index is 2.03. The minimum Gasteiger partial charge on any atom is -0.348 e. The van der Waals surface area contributed by atoms with Crippen molar-refractivity contribution in [2.24, 2.45) is 0 Å². The molecule has 0 amide bonds. The number of pyridine rings is 1. The summed E-state index contributed by atoms with van der Waals surface area (Å²) < 4.78 is 1.24. The number of hydrogen-bond acceptors (Lipinski definition) is 3. The van der Waals surface area contributed by atoms with Gasteiger partial charge in [-0.25, -0.2) is 4.98 Å². The van der Waals surface area contributed by atoms with Gasteiger partial charge in [0.25, 0.3) is 0 Å². The molecule has 0 aromatic carbocycles. The van der Waals surface area contributed by atoms with Crippen molar-refractivity contribution >= 4 is 28.4 Å². The number of nitrogens with zero attached hydrogens (tertiary/aromatic N) is 2. The Kier molecular flexibility index (Phi) is 2.35. The summed E-state index contributed by atoms with van der Waals surface area (Å²) in [6.45, 7) is 4.44. The number of halogens is 1.